The third-order valence-electron chi connectivity index (χ3n) is 2.29. The monoisotopic (exact) mass is 208 g/mol. The van der Waals surface area contributed by atoms with Crippen LogP contribution in [0.3, 0.4) is 0 Å². The molecule has 0 radical (unpaired) electrons. The minimum Gasteiger partial charge on any atom is -0.409 e. The summed E-state index contributed by atoms with van der Waals surface area (Å²) in [7, 11) is 1.94. The van der Waals surface area contributed by atoms with E-state index in [4.69, 9.17) is 10.9 Å². The number of aromatic nitrogens is 1. The Morgan fingerprint density at radius 3 is 2.80 bits per heavy atom. The Balaban J connectivity index is 3.18. The number of hydrogen-bond acceptors (Lipinski definition) is 4. The number of nitrogens with zero attached hydrogens (tertiary/aromatic N) is 3. The van der Waals surface area contributed by atoms with Gasteiger partial charge in [-0.25, -0.2) is 0 Å². The predicted molar refractivity (Wildman–Crippen MR) is 60.3 cm³/mol. The fourth-order valence-electron chi connectivity index (χ4n) is 1.20. The highest BCUT2D eigenvalue weighted by Crippen LogP contribution is 2.18. The average molecular weight is 208 g/mol. The van der Waals surface area contributed by atoms with Crippen molar-refractivity contribution in [3.8, 4) is 0 Å². The minimum absolute atomic E-state index is 0.0260. The van der Waals surface area contributed by atoms with E-state index in [1.54, 1.807) is 6.20 Å². The summed E-state index contributed by atoms with van der Waals surface area (Å²) in [4.78, 5) is 6.11. The molecular weight excluding hydrogens is 192 g/mol. The summed E-state index contributed by atoms with van der Waals surface area (Å²) in [6.07, 6.45) is 1.62. The van der Waals surface area contributed by atoms with Crippen molar-refractivity contribution in [2.75, 3.05) is 11.9 Å². The average Bonchev–Trinajstić information content (AvgIpc) is 2.27. The molecule has 0 fully saturated rings. The summed E-state index contributed by atoms with van der Waals surface area (Å²) >= 11 is 0. The molecule has 0 aliphatic heterocycles. The van der Waals surface area contributed by atoms with Crippen LogP contribution in [0.4, 0.5) is 5.69 Å². The molecule has 5 heteroatoms. The molecule has 5 nitrogen and oxygen atoms in total. The van der Waals surface area contributed by atoms with E-state index in [0.29, 0.717) is 11.7 Å². The second kappa shape index (κ2) is 4.63. The topological polar surface area (TPSA) is 74.7 Å². The van der Waals surface area contributed by atoms with E-state index in [-0.39, 0.29) is 5.84 Å². The largest absolute Gasteiger partial charge is 0.409 e. The van der Waals surface area contributed by atoms with Gasteiger partial charge in [-0.1, -0.05) is 5.16 Å². The standard InChI is InChI=1S/C10H16N4O/c1-7(2)14(3)8-5-4-6-12-9(8)10(11)13-15/h4-7,15H,1-3H3,(H2,11,13). The Hall–Kier alpha value is -1.78. The van der Waals surface area contributed by atoms with Crippen molar-refractivity contribution in [3.63, 3.8) is 0 Å². The van der Waals surface area contributed by atoms with E-state index < -0.39 is 0 Å². The lowest BCUT2D eigenvalue weighted by atomic mass is 10.2. The number of oxime groups is 1. The minimum atomic E-state index is 0.0260. The molecule has 1 heterocycles. The Bertz CT molecular complexity index is 362. The van der Waals surface area contributed by atoms with Gasteiger partial charge in [-0.2, -0.15) is 0 Å². The maximum absolute atomic E-state index is 8.64. The van der Waals surface area contributed by atoms with Crippen molar-refractivity contribution in [1.82, 2.24) is 4.98 Å². The molecule has 0 spiro atoms. The van der Waals surface area contributed by atoms with Crippen molar-refractivity contribution in [2.45, 2.75) is 19.9 Å². The molecule has 1 rings (SSSR count). The summed E-state index contributed by atoms with van der Waals surface area (Å²) in [5.74, 6) is 0.0260. The first kappa shape index (κ1) is 11.3. The van der Waals surface area contributed by atoms with E-state index in [2.05, 4.69) is 24.0 Å². The summed E-state index contributed by atoms with van der Waals surface area (Å²) in [6.45, 7) is 4.12. The van der Waals surface area contributed by atoms with Crippen molar-refractivity contribution in [3.05, 3.63) is 24.0 Å². The van der Waals surface area contributed by atoms with Crippen LogP contribution in [0.15, 0.2) is 23.5 Å². The second-order valence-electron chi connectivity index (χ2n) is 3.56. The first-order valence-electron chi connectivity index (χ1n) is 4.73. The Kier molecular flexibility index (Phi) is 3.49. The molecule has 15 heavy (non-hydrogen) atoms. The van der Waals surface area contributed by atoms with E-state index in [9.17, 15) is 0 Å². The maximum atomic E-state index is 8.64. The van der Waals surface area contributed by atoms with Gasteiger partial charge in [0.15, 0.2) is 5.84 Å². The molecule has 0 saturated carbocycles. The van der Waals surface area contributed by atoms with E-state index >= 15 is 0 Å². The quantitative estimate of drug-likeness (QED) is 0.336. The van der Waals surface area contributed by atoms with Gasteiger partial charge in [-0.05, 0) is 26.0 Å². The molecule has 82 valence electrons. The first-order chi connectivity index (χ1) is 7.07. The highest BCUT2D eigenvalue weighted by Gasteiger charge is 2.13. The van der Waals surface area contributed by atoms with Gasteiger partial charge < -0.3 is 15.8 Å². The molecule has 0 aliphatic carbocycles. The predicted octanol–water partition coefficient (Wildman–Crippen LogP) is 1.02. The van der Waals surface area contributed by atoms with Crippen LogP contribution in [0.5, 0.6) is 0 Å². The van der Waals surface area contributed by atoms with Gasteiger partial charge in [0, 0.05) is 19.3 Å². The first-order valence-corrected chi connectivity index (χ1v) is 4.73. The molecule has 0 amide bonds. The third-order valence-corrected chi connectivity index (χ3v) is 2.29. The molecule has 1 aromatic heterocycles. The van der Waals surface area contributed by atoms with Crippen molar-refractivity contribution in [2.24, 2.45) is 10.9 Å². The zero-order valence-electron chi connectivity index (χ0n) is 9.18. The third kappa shape index (κ3) is 2.37. The van der Waals surface area contributed by atoms with Gasteiger partial charge in [0.25, 0.3) is 0 Å². The van der Waals surface area contributed by atoms with Crippen molar-refractivity contribution < 1.29 is 5.21 Å². The lowest BCUT2D eigenvalue weighted by Crippen LogP contribution is -2.29. The summed E-state index contributed by atoms with van der Waals surface area (Å²) < 4.78 is 0. The highest BCUT2D eigenvalue weighted by atomic mass is 16.4. The van der Waals surface area contributed by atoms with Crippen LogP contribution < -0.4 is 10.6 Å². The number of rotatable bonds is 3. The Morgan fingerprint density at radius 1 is 1.60 bits per heavy atom. The van der Waals surface area contributed by atoms with Crippen LogP contribution in [0.1, 0.15) is 19.5 Å². The molecule has 1 aromatic rings. The van der Waals surface area contributed by atoms with Crippen LogP contribution in [0, 0.1) is 0 Å². The molecule has 3 N–H and O–H groups in total. The van der Waals surface area contributed by atoms with Crippen LogP contribution >= 0.6 is 0 Å². The number of amidine groups is 1. The fourth-order valence-corrected chi connectivity index (χ4v) is 1.20. The number of pyridine rings is 1. The molecule has 0 saturated heterocycles. The van der Waals surface area contributed by atoms with Gasteiger partial charge in [0.05, 0.1) is 5.69 Å². The van der Waals surface area contributed by atoms with Crippen molar-refractivity contribution in [1.29, 1.82) is 0 Å². The van der Waals surface area contributed by atoms with Crippen LogP contribution in [-0.4, -0.2) is 29.1 Å². The summed E-state index contributed by atoms with van der Waals surface area (Å²) in [5, 5.41) is 11.6. The van der Waals surface area contributed by atoms with Gasteiger partial charge in [-0.3, -0.25) is 4.98 Å². The van der Waals surface area contributed by atoms with Crippen LogP contribution in [0.2, 0.25) is 0 Å². The summed E-state index contributed by atoms with van der Waals surface area (Å²) in [5.41, 5.74) is 6.89. The second-order valence-corrected chi connectivity index (χ2v) is 3.56. The zero-order chi connectivity index (χ0) is 11.4. The van der Waals surface area contributed by atoms with E-state index in [1.165, 1.54) is 0 Å². The van der Waals surface area contributed by atoms with E-state index in [1.807, 2.05) is 24.1 Å². The van der Waals surface area contributed by atoms with E-state index in [0.717, 1.165) is 5.69 Å². The van der Waals surface area contributed by atoms with Gasteiger partial charge in [0.2, 0.25) is 0 Å². The SMILES string of the molecule is CC(C)N(C)c1cccnc1/C(N)=N/O. The molecule has 0 bridgehead atoms. The Morgan fingerprint density at radius 2 is 2.27 bits per heavy atom. The molecule has 0 atom stereocenters. The van der Waals surface area contributed by atoms with Gasteiger partial charge in [0.1, 0.15) is 5.69 Å². The number of nitrogens with two attached hydrogens (primary N) is 1. The fraction of sp³-hybridized carbons (Fsp3) is 0.400. The number of hydrogen-bond donors (Lipinski definition) is 2. The van der Waals surface area contributed by atoms with Crippen molar-refractivity contribution >= 4 is 11.5 Å². The van der Waals surface area contributed by atoms with Gasteiger partial charge in [-0.15, -0.1) is 0 Å². The van der Waals surface area contributed by atoms with Crippen LogP contribution in [0.25, 0.3) is 0 Å². The normalized spacial score (nSPS) is 11.9. The number of anilines is 1. The molecular formula is C10H16N4O. The van der Waals surface area contributed by atoms with Crippen LogP contribution in [-0.2, 0) is 0 Å². The molecule has 0 aliphatic rings. The maximum Gasteiger partial charge on any atom is 0.190 e. The van der Waals surface area contributed by atoms with Gasteiger partial charge >= 0.3 is 0 Å². The molecule has 0 unspecified atom stereocenters. The lowest BCUT2D eigenvalue weighted by Gasteiger charge is -2.25. The Labute approximate surface area is 89.2 Å². The zero-order valence-corrected chi connectivity index (χ0v) is 9.18. The molecule has 0 aromatic carbocycles. The highest BCUT2D eigenvalue weighted by molar-refractivity contribution is 6.00. The summed E-state index contributed by atoms with van der Waals surface area (Å²) in [6, 6.07) is 4.03. The smallest absolute Gasteiger partial charge is 0.190 e. The lowest BCUT2D eigenvalue weighted by molar-refractivity contribution is 0.318.